The molecule has 4 rings (SSSR count). The summed E-state index contributed by atoms with van der Waals surface area (Å²) in [6.07, 6.45) is 3.20. The molecule has 1 atom stereocenters. The van der Waals surface area contributed by atoms with Gasteiger partial charge >= 0.3 is 0 Å². The number of alkyl halides is 2. The van der Waals surface area contributed by atoms with E-state index in [2.05, 4.69) is 15.6 Å². The van der Waals surface area contributed by atoms with Gasteiger partial charge in [-0.15, -0.1) is 0 Å². The molecular formula is C24H26F2N4O2. The van der Waals surface area contributed by atoms with Crippen LogP contribution >= 0.6 is 0 Å². The van der Waals surface area contributed by atoms with Crippen LogP contribution in [0.1, 0.15) is 60.3 Å². The van der Waals surface area contributed by atoms with E-state index in [4.69, 9.17) is 0 Å². The highest BCUT2D eigenvalue weighted by molar-refractivity contribution is 6.04. The number of imidazole rings is 1. The number of carbonyl (C=O) groups is 2. The van der Waals surface area contributed by atoms with E-state index in [-0.39, 0.29) is 43.5 Å². The number of carbonyl (C=O) groups excluding carboxylic acids is 2. The highest BCUT2D eigenvalue weighted by atomic mass is 19.3. The summed E-state index contributed by atoms with van der Waals surface area (Å²) in [7, 11) is 0. The van der Waals surface area contributed by atoms with Gasteiger partial charge in [-0.2, -0.15) is 0 Å². The SMILES string of the molecule is Cc1ccc([C@H](C)NC(=O)C2CCC(F)(F)CC2)cc1NC(=O)c1cnc2ccccn12. The summed E-state index contributed by atoms with van der Waals surface area (Å²) >= 11 is 0. The van der Waals surface area contributed by atoms with Gasteiger partial charge in [0.15, 0.2) is 0 Å². The van der Waals surface area contributed by atoms with E-state index in [1.165, 1.54) is 6.20 Å². The number of nitrogens with one attached hydrogen (secondary N) is 2. The lowest BCUT2D eigenvalue weighted by molar-refractivity contribution is -0.129. The van der Waals surface area contributed by atoms with Gasteiger partial charge in [-0.25, -0.2) is 13.8 Å². The second-order valence-electron chi connectivity index (χ2n) is 8.46. The molecule has 0 saturated heterocycles. The van der Waals surface area contributed by atoms with E-state index >= 15 is 0 Å². The van der Waals surface area contributed by atoms with Crippen molar-refractivity contribution >= 4 is 23.1 Å². The molecule has 2 aromatic heterocycles. The lowest BCUT2D eigenvalue weighted by Crippen LogP contribution is -2.37. The molecule has 2 heterocycles. The van der Waals surface area contributed by atoms with Gasteiger partial charge in [0, 0.05) is 30.6 Å². The molecule has 2 amide bonds. The molecule has 32 heavy (non-hydrogen) atoms. The third kappa shape index (κ3) is 4.64. The first-order valence-corrected chi connectivity index (χ1v) is 10.8. The van der Waals surface area contributed by atoms with Crippen molar-refractivity contribution in [1.29, 1.82) is 0 Å². The first kappa shape index (κ1) is 21.9. The molecule has 1 aliphatic carbocycles. The fourth-order valence-electron chi connectivity index (χ4n) is 4.05. The van der Waals surface area contributed by atoms with Gasteiger partial charge in [0.25, 0.3) is 5.91 Å². The van der Waals surface area contributed by atoms with Crippen LogP contribution in [0, 0.1) is 12.8 Å². The first-order chi connectivity index (χ1) is 15.2. The quantitative estimate of drug-likeness (QED) is 0.593. The molecule has 0 bridgehead atoms. The summed E-state index contributed by atoms with van der Waals surface area (Å²) in [5, 5.41) is 5.86. The van der Waals surface area contributed by atoms with Crippen molar-refractivity contribution in [2.75, 3.05) is 5.32 Å². The Morgan fingerprint density at radius 1 is 1.19 bits per heavy atom. The second kappa shape index (κ2) is 8.68. The number of aryl methyl sites for hydroxylation is 1. The fraction of sp³-hybridized carbons (Fsp3) is 0.375. The molecule has 3 aromatic rings. The van der Waals surface area contributed by atoms with Gasteiger partial charge in [0.1, 0.15) is 11.3 Å². The minimum absolute atomic E-state index is 0.195. The summed E-state index contributed by atoms with van der Waals surface area (Å²) in [5.74, 6) is -3.54. The number of hydrogen-bond acceptors (Lipinski definition) is 3. The highest BCUT2D eigenvalue weighted by Crippen LogP contribution is 2.36. The predicted octanol–water partition coefficient (Wildman–Crippen LogP) is 4.90. The molecule has 168 valence electrons. The molecule has 1 aromatic carbocycles. The van der Waals surface area contributed by atoms with Crippen LogP contribution in [0.2, 0.25) is 0 Å². The molecule has 2 N–H and O–H groups in total. The van der Waals surface area contributed by atoms with Crippen molar-refractivity contribution in [3.05, 3.63) is 65.6 Å². The largest absolute Gasteiger partial charge is 0.349 e. The normalized spacial score (nSPS) is 17.1. The lowest BCUT2D eigenvalue weighted by atomic mass is 9.86. The number of pyridine rings is 1. The third-order valence-electron chi connectivity index (χ3n) is 6.11. The van der Waals surface area contributed by atoms with Crippen LogP contribution in [0.3, 0.4) is 0 Å². The first-order valence-electron chi connectivity index (χ1n) is 10.8. The maximum Gasteiger partial charge on any atom is 0.274 e. The fourth-order valence-corrected chi connectivity index (χ4v) is 4.05. The molecule has 0 aliphatic heterocycles. The van der Waals surface area contributed by atoms with E-state index in [0.717, 1.165) is 11.1 Å². The number of amides is 2. The minimum atomic E-state index is -2.66. The number of rotatable bonds is 5. The standard InChI is InChI=1S/C24H26F2N4O2/c1-15-6-7-18(16(2)28-22(31)17-8-10-24(25,26)11-9-17)13-19(15)29-23(32)20-14-27-21-5-3-4-12-30(20)21/h3-7,12-14,16-17H,8-11H2,1-2H3,(H,28,31)(H,29,32)/t16-/m0/s1. The topological polar surface area (TPSA) is 75.5 Å². The van der Waals surface area contributed by atoms with E-state index in [0.29, 0.717) is 17.0 Å². The molecule has 6 nitrogen and oxygen atoms in total. The molecule has 1 fully saturated rings. The lowest BCUT2D eigenvalue weighted by Gasteiger charge is -2.28. The Hall–Kier alpha value is -3.29. The Morgan fingerprint density at radius 3 is 2.69 bits per heavy atom. The van der Waals surface area contributed by atoms with E-state index in [1.54, 1.807) is 10.6 Å². The summed E-state index contributed by atoms with van der Waals surface area (Å²) in [6.45, 7) is 3.73. The van der Waals surface area contributed by atoms with Gasteiger partial charge in [-0.3, -0.25) is 14.0 Å². The van der Waals surface area contributed by atoms with Crippen LogP contribution in [-0.2, 0) is 4.79 Å². The van der Waals surface area contributed by atoms with Crippen molar-refractivity contribution < 1.29 is 18.4 Å². The molecule has 1 saturated carbocycles. The Morgan fingerprint density at radius 2 is 1.94 bits per heavy atom. The van der Waals surface area contributed by atoms with Gasteiger partial charge in [-0.1, -0.05) is 18.2 Å². The Balaban J connectivity index is 1.45. The van der Waals surface area contributed by atoms with Gasteiger partial charge in [-0.05, 0) is 56.0 Å². The van der Waals surface area contributed by atoms with Gasteiger partial charge < -0.3 is 10.6 Å². The van der Waals surface area contributed by atoms with Crippen LogP contribution in [0.15, 0.2) is 48.8 Å². The number of fused-ring (bicyclic) bond motifs is 1. The smallest absolute Gasteiger partial charge is 0.274 e. The number of nitrogens with zero attached hydrogens (tertiary/aromatic N) is 2. The second-order valence-corrected chi connectivity index (χ2v) is 8.46. The van der Waals surface area contributed by atoms with Crippen LogP contribution < -0.4 is 10.6 Å². The maximum absolute atomic E-state index is 13.4. The van der Waals surface area contributed by atoms with E-state index in [1.807, 2.05) is 50.2 Å². The minimum Gasteiger partial charge on any atom is -0.349 e. The third-order valence-corrected chi connectivity index (χ3v) is 6.11. The Labute approximate surface area is 185 Å². The van der Waals surface area contributed by atoms with Crippen LogP contribution in [0.25, 0.3) is 5.65 Å². The summed E-state index contributed by atoms with van der Waals surface area (Å²) in [6, 6.07) is 10.8. The zero-order valence-corrected chi connectivity index (χ0v) is 18.1. The molecular weight excluding hydrogens is 414 g/mol. The molecule has 0 unspecified atom stereocenters. The van der Waals surface area contributed by atoms with Crippen molar-refractivity contribution in [2.24, 2.45) is 5.92 Å². The summed E-state index contributed by atoms with van der Waals surface area (Å²) < 4.78 is 28.5. The number of anilines is 1. The average molecular weight is 440 g/mol. The van der Waals surface area contributed by atoms with Crippen LogP contribution in [0.5, 0.6) is 0 Å². The van der Waals surface area contributed by atoms with Crippen molar-refractivity contribution in [3.8, 4) is 0 Å². The number of benzene rings is 1. The zero-order valence-electron chi connectivity index (χ0n) is 18.1. The molecule has 8 heteroatoms. The zero-order chi connectivity index (χ0) is 22.9. The van der Waals surface area contributed by atoms with Crippen LogP contribution in [0.4, 0.5) is 14.5 Å². The number of aromatic nitrogens is 2. The number of hydrogen-bond donors (Lipinski definition) is 2. The van der Waals surface area contributed by atoms with Gasteiger partial charge in [0.2, 0.25) is 11.8 Å². The molecule has 0 spiro atoms. The van der Waals surface area contributed by atoms with Crippen molar-refractivity contribution in [1.82, 2.24) is 14.7 Å². The van der Waals surface area contributed by atoms with Crippen molar-refractivity contribution in [2.45, 2.75) is 51.5 Å². The molecule has 1 aliphatic rings. The van der Waals surface area contributed by atoms with E-state index < -0.39 is 11.8 Å². The Bertz CT molecular complexity index is 1150. The van der Waals surface area contributed by atoms with Gasteiger partial charge in [0.05, 0.1) is 12.2 Å². The van der Waals surface area contributed by atoms with Crippen LogP contribution in [-0.4, -0.2) is 27.1 Å². The van der Waals surface area contributed by atoms with E-state index in [9.17, 15) is 18.4 Å². The average Bonchev–Trinajstić information content (AvgIpc) is 3.19. The molecule has 0 radical (unpaired) electrons. The number of halogens is 2. The predicted molar refractivity (Wildman–Crippen MR) is 118 cm³/mol. The maximum atomic E-state index is 13.4. The highest BCUT2D eigenvalue weighted by Gasteiger charge is 2.37. The monoisotopic (exact) mass is 440 g/mol. The summed E-state index contributed by atoms with van der Waals surface area (Å²) in [4.78, 5) is 29.7. The Kier molecular flexibility index (Phi) is 5.95. The summed E-state index contributed by atoms with van der Waals surface area (Å²) in [5.41, 5.74) is 3.43. The van der Waals surface area contributed by atoms with Crippen molar-refractivity contribution in [3.63, 3.8) is 0 Å².